The monoisotopic (exact) mass is 225 g/mol. The first kappa shape index (κ1) is 10.6. The lowest BCUT2D eigenvalue weighted by Gasteiger charge is -2.15. The van der Waals surface area contributed by atoms with Gasteiger partial charge in [0.1, 0.15) is 0 Å². The Morgan fingerprint density at radius 2 is 1.80 bits per heavy atom. The third kappa shape index (κ3) is 2.79. The van der Waals surface area contributed by atoms with E-state index in [2.05, 4.69) is 4.36 Å². The van der Waals surface area contributed by atoms with Crippen LogP contribution in [0.4, 0.5) is 5.69 Å². The fraction of sp³-hybridized carbons (Fsp3) is 0.455. The third-order valence-electron chi connectivity index (χ3n) is 2.40. The summed E-state index contributed by atoms with van der Waals surface area (Å²) in [7, 11) is -2.06. The van der Waals surface area contributed by atoms with E-state index in [9.17, 15) is 4.21 Å². The zero-order valence-electron chi connectivity index (χ0n) is 8.81. The lowest BCUT2D eigenvalue weighted by Crippen LogP contribution is -2.25. The van der Waals surface area contributed by atoms with E-state index in [-0.39, 0.29) is 0 Å². The van der Waals surface area contributed by atoms with E-state index < -0.39 is 9.73 Å². The maximum absolute atomic E-state index is 12.2. The van der Waals surface area contributed by atoms with Crippen LogP contribution in [0.25, 0.3) is 0 Å². The first-order valence-corrected chi connectivity index (χ1v) is 6.90. The Hall–Kier alpha value is -0.870. The van der Waals surface area contributed by atoms with Crippen molar-refractivity contribution >= 4 is 15.4 Å². The molecule has 0 spiro atoms. The average molecular weight is 225 g/mol. The minimum absolute atomic E-state index is 0.556. The summed E-state index contributed by atoms with van der Waals surface area (Å²) in [6.45, 7) is 3.15. The number of nitrogens with zero attached hydrogens (tertiary/aromatic N) is 1. The molecule has 0 saturated carbocycles. The molecule has 0 unspecified atom stereocenters. The van der Waals surface area contributed by atoms with Crippen molar-refractivity contribution in [2.45, 2.75) is 6.92 Å². The summed E-state index contributed by atoms with van der Waals surface area (Å²) >= 11 is 0. The third-order valence-corrected chi connectivity index (χ3v) is 4.55. The van der Waals surface area contributed by atoms with Crippen LogP contribution in [-0.4, -0.2) is 28.9 Å². The second-order valence-electron chi connectivity index (χ2n) is 3.72. The number of hydrogen-bond acceptors (Lipinski definition) is 3. The van der Waals surface area contributed by atoms with Gasteiger partial charge in [-0.3, -0.25) is 0 Å². The summed E-state index contributed by atoms with van der Waals surface area (Å²) in [6.07, 6.45) is 0. The highest BCUT2D eigenvalue weighted by molar-refractivity contribution is 7.93. The van der Waals surface area contributed by atoms with Crippen LogP contribution in [0.15, 0.2) is 28.6 Å². The lowest BCUT2D eigenvalue weighted by atomic mass is 10.2. The van der Waals surface area contributed by atoms with E-state index in [0.29, 0.717) is 24.7 Å². The van der Waals surface area contributed by atoms with Gasteiger partial charge in [-0.05, 0) is 19.1 Å². The molecule has 15 heavy (non-hydrogen) atoms. The van der Waals surface area contributed by atoms with Crippen LogP contribution in [0.5, 0.6) is 0 Å². The lowest BCUT2D eigenvalue weighted by molar-refractivity contribution is 0.158. The van der Waals surface area contributed by atoms with E-state index in [1.807, 2.05) is 31.2 Å². The summed E-state index contributed by atoms with van der Waals surface area (Å²) < 4.78 is 21.7. The Kier molecular flexibility index (Phi) is 3.07. The number of hydrogen-bond donors (Lipinski definition) is 0. The summed E-state index contributed by atoms with van der Waals surface area (Å²) in [5.74, 6) is 1.11. The van der Waals surface area contributed by atoms with Gasteiger partial charge in [-0.2, -0.15) is 4.36 Å². The van der Waals surface area contributed by atoms with Gasteiger partial charge in [0.2, 0.25) is 0 Å². The summed E-state index contributed by atoms with van der Waals surface area (Å²) in [4.78, 5) is 0. The first-order valence-electron chi connectivity index (χ1n) is 5.05. The molecule has 82 valence electrons. The molecule has 3 nitrogen and oxygen atoms in total. The molecule has 0 N–H and O–H groups in total. The van der Waals surface area contributed by atoms with Crippen LogP contribution in [-0.2, 0) is 14.5 Å². The van der Waals surface area contributed by atoms with E-state index >= 15 is 0 Å². The van der Waals surface area contributed by atoms with E-state index in [4.69, 9.17) is 4.74 Å². The molecule has 1 fully saturated rings. The fourth-order valence-electron chi connectivity index (χ4n) is 1.47. The summed E-state index contributed by atoms with van der Waals surface area (Å²) in [5, 5.41) is 0. The topological polar surface area (TPSA) is 38.7 Å². The minimum atomic E-state index is -2.06. The molecule has 4 heteroatoms. The molecule has 0 atom stereocenters. The molecule has 1 saturated heterocycles. The number of rotatable bonds is 1. The molecule has 0 amide bonds. The Labute approximate surface area is 90.6 Å². The maximum atomic E-state index is 12.2. The largest absolute Gasteiger partial charge is 0.379 e. The van der Waals surface area contributed by atoms with Gasteiger partial charge in [0, 0.05) is 0 Å². The van der Waals surface area contributed by atoms with Gasteiger partial charge in [-0.1, -0.05) is 17.7 Å². The molecular formula is C11H15NO2S. The van der Waals surface area contributed by atoms with Gasteiger partial charge in [0.15, 0.2) is 0 Å². The number of benzene rings is 1. The molecule has 0 bridgehead atoms. The zero-order chi connectivity index (χ0) is 10.7. The standard InChI is InChI=1S/C11H15NO2S/c1-10-2-4-11(5-3-10)12-15(13)8-6-14-7-9-15/h2-5H,6-9H2,1H3. The van der Waals surface area contributed by atoms with Crippen LogP contribution in [0, 0.1) is 6.92 Å². The van der Waals surface area contributed by atoms with Crippen molar-refractivity contribution in [1.82, 2.24) is 0 Å². The van der Waals surface area contributed by atoms with Gasteiger partial charge in [0.05, 0.1) is 40.1 Å². The Morgan fingerprint density at radius 3 is 2.40 bits per heavy atom. The number of ether oxygens (including phenoxy) is 1. The van der Waals surface area contributed by atoms with Crippen molar-refractivity contribution in [2.75, 3.05) is 24.7 Å². The van der Waals surface area contributed by atoms with Crippen LogP contribution in [0.1, 0.15) is 5.56 Å². The second-order valence-corrected chi connectivity index (χ2v) is 6.26. The molecule has 1 heterocycles. The van der Waals surface area contributed by atoms with Crippen molar-refractivity contribution in [1.29, 1.82) is 0 Å². The molecular weight excluding hydrogens is 210 g/mol. The fourth-order valence-corrected chi connectivity index (χ4v) is 3.12. The van der Waals surface area contributed by atoms with Crippen LogP contribution >= 0.6 is 0 Å². The van der Waals surface area contributed by atoms with Crippen molar-refractivity contribution in [3.63, 3.8) is 0 Å². The highest BCUT2D eigenvalue weighted by atomic mass is 32.2. The van der Waals surface area contributed by atoms with Gasteiger partial charge < -0.3 is 4.74 Å². The van der Waals surface area contributed by atoms with E-state index in [1.54, 1.807) is 0 Å². The van der Waals surface area contributed by atoms with Crippen molar-refractivity contribution in [2.24, 2.45) is 4.36 Å². The number of aryl methyl sites for hydroxylation is 1. The SMILES string of the molecule is Cc1ccc(N=S2(=O)CCOCC2)cc1. The van der Waals surface area contributed by atoms with E-state index in [1.165, 1.54) is 5.56 Å². The highest BCUT2D eigenvalue weighted by Gasteiger charge is 2.14. The molecule has 1 aliphatic heterocycles. The van der Waals surface area contributed by atoms with Crippen LogP contribution in [0.2, 0.25) is 0 Å². The molecule has 1 aromatic rings. The van der Waals surface area contributed by atoms with Crippen molar-refractivity contribution in [3.8, 4) is 0 Å². The Morgan fingerprint density at radius 1 is 1.20 bits per heavy atom. The molecule has 1 aromatic carbocycles. The quantitative estimate of drug-likeness (QED) is 0.734. The Balaban J connectivity index is 2.28. The van der Waals surface area contributed by atoms with Gasteiger partial charge in [0.25, 0.3) is 0 Å². The van der Waals surface area contributed by atoms with Gasteiger partial charge >= 0.3 is 0 Å². The molecule has 1 aliphatic rings. The first-order chi connectivity index (χ1) is 7.18. The predicted molar refractivity (Wildman–Crippen MR) is 62.0 cm³/mol. The molecule has 0 radical (unpaired) electrons. The smallest absolute Gasteiger partial charge is 0.0730 e. The van der Waals surface area contributed by atoms with Gasteiger partial charge in [-0.25, -0.2) is 4.21 Å². The van der Waals surface area contributed by atoms with Crippen LogP contribution < -0.4 is 0 Å². The van der Waals surface area contributed by atoms with Crippen molar-refractivity contribution < 1.29 is 8.95 Å². The minimum Gasteiger partial charge on any atom is -0.379 e. The predicted octanol–water partition coefficient (Wildman–Crippen LogP) is 2.12. The zero-order valence-corrected chi connectivity index (χ0v) is 9.63. The molecule has 0 aromatic heterocycles. The highest BCUT2D eigenvalue weighted by Crippen LogP contribution is 2.17. The molecule has 0 aliphatic carbocycles. The second kappa shape index (κ2) is 4.33. The summed E-state index contributed by atoms with van der Waals surface area (Å²) in [6, 6.07) is 7.80. The van der Waals surface area contributed by atoms with E-state index in [0.717, 1.165) is 5.69 Å². The Bertz CT molecular complexity index is 432. The van der Waals surface area contributed by atoms with Crippen LogP contribution in [0.3, 0.4) is 0 Å². The molecule has 2 rings (SSSR count). The normalized spacial score (nSPS) is 19.8. The average Bonchev–Trinajstić information content (AvgIpc) is 2.22. The van der Waals surface area contributed by atoms with Crippen molar-refractivity contribution in [3.05, 3.63) is 29.8 Å². The summed E-state index contributed by atoms with van der Waals surface area (Å²) in [5.41, 5.74) is 2.00. The maximum Gasteiger partial charge on any atom is 0.0730 e. The van der Waals surface area contributed by atoms with Gasteiger partial charge in [-0.15, -0.1) is 0 Å².